The largest absolute Gasteiger partial charge is 0.480 e. The van der Waals surface area contributed by atoms with E-state index in [9.17, 15) is 14.9 Å². The Morgan fingerprint density at radius 2 is 2.33 bits per heavy atom. The molecule has 0 amide bonds. The van der Waals surface area contributed by atoms with Crippen molar-refractivity contribution >= 4 is 12.2 Å². The van der Waals surface area contributed by atoms with Crippen LogP contribution in [-0.2, 0) is 4.79 Å². The Morgan fingerprint density at radius 1 is 1.61 bits per heavy atom. The molecular weight excluding hydrogens is 238 g/mol. The molecule has 7 nitrogen and oxygen atoms in total. The summed E-state index contributed by atoms with van der Waals surface area (Å²) in [5.74, 6) is -1.01. The van der Waals surface area contributed by atoms with E-state index < -0.39 is 23.1 Å². The minimum Gasteiger partial charge on any atom is -0.480 e. The molecule has 2 unspecified atom stereocenters. The Balaban J connectivity index is 2.56. The fraction of sp³-hybridized carbons (Fsp3) is 0.818. The van der Waals surface area contributed by atoms with Crippen LogP contribution < -0.4 is 0 Å². The smallest absolute Gasteiger partial charge is 0.321 e. The molecule has 0 radical (unpaired) electrons. The lowest BCUT2D eigenvalue weighted by molar-refractivity contribution is -0.527. The van der Waals surface area contributed by atoms with Crippen LogP contribution in [0, 0.1) is 10.1 Å². The van der Waals surface area contributed by atoms with Crippen LogP contribution in [0.25, 0.3) is 0 Å². The minimum absolute atomic E-state index is 0.0936. The summed E-state index contributed by atoms with van der Waals surface area (Å²) in [6, 6.07) is -0.820. The van der Waals surface area contributed by atoms with E-state index >= 15 is 0 Å². The number of hydrogen-bond acceptors (Lipinski definition) is 5. The summed E-state index contributed by atoms with van der Waals surface area (Å²) >= 11 is 0. The zero-order chi connectivity index (χ0) is 13.5. The van der Waals surface area contributed by atoms with E-state index in [1.54, 1.807) is 0 Å². The van der Waals surface area contributed by atoms with Gasteiger partial charge in [-0.15, -0.1) is 0 Å². The van der Waals surface area contributed by atoms with Gasteiger partial charge >= 0.3 is 12.1 Å². The highest BCUT2D eigenvalue weighted by atomic mass is 16.6. The summed E-state index contributed by atoms with van der Waals surface area (Å²) in [4.78, 5) is 26.6. The number of carbonyl (C=O) groups is 1. The number of rotatable bonds is 8. The molecule has 1 heterocycles. The Hall–Kier alpha value is -1.50. The summed E-state index contributed by atoms with van der Waals surface area (Å²) < 4.78 is 0. The Morgan fingerprint density at radius 3 is 2.89 bits per heavy atom. The molecule has 0 saturated heterocycles. The summed E-state index contributed by atoms with van der Waals surface area (Å²) in [7, 11) is 0. The van der Waals surface area contributed by atoms with Gasteiger partial charge in [0.25, 0.3) is 0 Å². The lowest BCUT2D eigenvalue weighted by atomic mass is 10.1. The zero-order valence-corrected chi connectivity index (χ0v) is 10.5. The second-order valence-electron chi connectivity index (χ2n) is 4.39. The first-order valence-corrected chi connectivity index (χ1v) is 6.20. The molecule has 1 aliphatic heterocycles. The third-order valence-corrected chi connectivity index (χ3v) is 3.06. The van der Waals surface area contributed by atoms with E-state index in [4.69, 9.17) is 5.11 Å². The molecule has 0 fully saturated rings. The van der Waals surface area contributed by atoms with Crippen molar-refractivity contribution in [3.63, 3.8) is 0 Å². The van der Waals surface area contributed by atoms with Crippen molar-refractivity contribution in [1.29, 1.82) is 0 Å². The average molecular weight is 257 g/mol. The van der Waals surface area contributed by atoms with Gasteiger partial charge in [0.2, 0.25) is 0 Å². The van der Waals surface area contributed by atoms with Crippen molar-refractivity contribution in [2.24, 2.45) is 4.99 Å². The van der Waals surface area contributed by atoms with Crippen LogP contribution in [0.5, 0.6) is 0 Å². The summed E-state index contributed by atoms with van der Waals surface area (Å²) in [5, 5.41) is 20.0. The van der Waals surface area contributed by atoms with Gasteiger partial charge in [0.15, 0.2) is 0 Å². The lowest BCUT2D eigenvalue weighted by Gasteiger charge is -2.24. The van der Waals surface area contributed by atoms with Gasteiger partial charge in [0.1, 0.15) is 6.04 Å². The molecular formula is C11H19N3O4. The minimum atomic E-state index is -1.10. The van der Waals surface area contributed by atoms with Crippen molar-refractivity contribution < 1.29 is 14.8 Å². The Kier molecular flexibility index (Phi) is 5.70. The number of aliphatic imine (C=N–C) groups is 1. The number of aliphatic carboxylic acids is 1. The number of nitrogens with zero attached hydrogens (tertiary/aromatic N) is 3. The monoisotopic (exact) mass is 257 g/mol. The standard InChI is InChI=1S/C11H19N3O4/c1-2-3-4-5-6-9(11(15)16)13-8-12-7-10(13)14(17)18/h7,9-10H,2-6,8H2,1H3,(H,15,16). The maximum atomic E-state index is 11.2. The van der Waals surface area contributed by atoms with Crippen LogP contribution in [0.1, 0.15) is 39.0 Å². The maximum absolute atomic E-state index is 11.2. The predicted octanol–water partition coefficient (Wildman–Crippen LogP) is 1.36. The summed E-state index contributed by atoms with van der Waals surface area (Å²) in [6.07, 6.45) is 4.40. The van der Waals surface area contributed by atoms with Crippen LogP contribution in [0.2, 0.25) is 0 Å². The molecule has 0 aromatic rings. The van der Waals surface area contributed by atoms with Crippen LogP contribution in [0.3, 0.4) is 0 Å². The van der Waals surface area contributed by atoms with Crippen molar-refractivity contribution in [2.45, 2.75) is 51.2 Å². The van der Waals surface area contributed by atoms with Crippen molar-refractivity contribution in [1.82, 2.24) is 4.90 Å². The number of unbranched alkanes of at least 4 members (excludes halogenated alkanes) is 3. The zero-order valence-electron chi connectivity index (χ0n) is 10.5. The highest BCUT2D eigenvalue weighted by Crippen LogP contribution is 2.17. The highest BCUT2D eigenvalue weighted by Gasteiger charge is 2.39. The number of hydrogen-bond donors (Lipinski definition) is 1. The van der Waals surface area contributed by atoms with Crippen molar-refractivity contribution in [2.75, 3.05) is 6.67 Å². The molecule has 102 valence electrons. The third kappa shape index (κ3) is 3.76. The first-order valence-electron chi connectivity index (χ1n) is 6.20. The van der Waals surface area contributed by atoms with E-state index in [1.807, 2.05) is 0 Å². The summed E-state index contributed by atoms with van der Waals surface area (Å²) in [5.41, 5.74) is 0. The molecule has 2 atom stereocenters. The number of carboxylic acid groups (broad SMARTS) is 1. The molecule has 0 aromatic carbocycles. The first-order chi connectivity index (χ1) is 8.57. The van der Waals surface area contributed by atoms with Gasteiger partial charge in [-0.25, -0.2) is 4.90 Å². The molecule has 0 aliphatic carbocycles. The van der Waals surface area contributed by atoms with E-state index in [-0.39, 0.29) is 6.67 Å². The SMILES string of the molecule is CCCCCCC(C(=O)O)N1CN=CC1[N+](=O)[O-]. The van der Waals surface area contributed by atoms with Gasteiger partial charge in [0.05, 0.1) is 12.9 Å². The average Bonchev–Trinajstić information content (AvgIpc) is 2.77. The summed E-state index contributed by atoms with van der Waals surface area (Å²) in [6.45, 7) is 2.17. The molecule has 1 rings (SSSR count). The van der Waals surface area contributed by atoms with Crippen LogP contribution in [-0.4, -0.2) is 46.0 Å². The van der Waals surface area contributed by atoms with Gasteiger partial charge < -0.3 is 5.11 Å². The van der Waals surface area contributed by atoms with E-state index in [2.05, 4.69) is 11.9 Å². The topological polar surface area (TPSA) is 96.0 Å². The Labute approximate surface area is 106 Å². The Bertz CT molecular complexity index is 332. The van der Waals surface area contributed by atoms with Gasteiger partial charge in [-0.1, -0.05) is 32.6 Å². The normalized spacial score (nSPS) is 21.1. The molecule has 1 N–H and O–H groups in total. The van der Waals surface area contributed by atoms with Gasteiger partial charge in [-0.05, 0) is 6.42 Å². The second-order valence-corrected chi connectivity index (χ2v) is 4.39. The molecule has 18 heavy (non-hydrogen) atoms. The fourth-order valence-corrected chi connectivity index (χ4v) is 2.06. The van der Waals surface area contributed by atoms with E-state index in [0.29, 0.717) is 6.42 Å². The molecule has 7 heteroatoms. The molecule has 0 bridgehead atoms. The van der Waals surface area contributed by atoms with Gasteiger partial charge in [0, 0.05) is 4.92 Å². The number of carboxylic acids is 1. The maximum Gasteiger partial charge on any atom is 0.321 e. The predicted molar refractivity (Wildman–Crippen MR) is 66.2 cm³/mol. The van der Waals surface area contributed by atoms with Crippen LogP contribution in [0.15, 0.2) is 4.99 Å². The van der Waals surface area contributed by atoms with E-state index in [1.165, 1.54) is 11.1 Å². The van der Waals surface area contributed by atoms with Gasteiger partial charge in [-0.3, -0.25) is 19.9 Å². The van der Waals surface area contributed by atoms with Crippen LogP contribution >= 0.6 is 0 Å². The lowest BCUT2D eigenvalue weighted by Crippen LogP contribution is -2.48. The second kappa shape index (κ2) is 7.05. The molecule has 1 aliphatic rings. The van der Waals surface area contributed by atoms with E-state index in [0.717, 1.165) is 25.7 Å². The molecule has 0 spiro atoms. The van der Waals surface area contributed by atoms with Gasteiger partial charge in [-0.2, -0.15) is 0 Å². The highest BCUT2D eigenvalue weighted by molar-refractivity contribution is 5.75. The number of nitro groups is 1. The fourth-order valence-electron chi connectivity index (χ4n) is 2.06. The quantitative estimate of drug-likeness (QED) is 0.402. The van der Waals surface area contributed by atoms with Crippen LogP contribution in [0.4, 0.5) is 0 Å². The molecule has 0 saturated carbocycles. The third-order valence-electron chi connectivity index (χ3n) is 3.06. The van der Waals surface area contributed by atoms with Crippen molar-refractivity contribution in [3.8, 4) is 0 Å². The van der Waals surface area contributed by atoms with Crippen molar-refractivity contribution in [3.05, 3.63) is 10.1 Å². The first kappa shape index (κ1) is 14.6. The molecule has 0 aromatic heterocycles.